The van der Waals surface area contributed by atoms with Crippen molar-refractivity contribution < 1.29 is 4.92 Å². The van der Waals surface area contributed by atoms with E-state index in [4.69, 9.17) is 5.73 Å². The molecule has 1 aromatic carbocycles. The first-order chi connectivity index (χ1) is 6.81. The van der Waals surface area contributed by atoms with Crippen molar-refractivity contribution in [3.63, 3.8) is 0 Å². The van der Waals surface area contributed by atoms with Crippen molar-refractivity contribution in [2.45, 2.75) is 32.7 Å². The highest BCUT2D eigenvalue weighted by atomic mass is 16.6. The molecule has 82 valence electrons. The van der Waals surface area contributed by atoms with Crippen LogP contribution in [0.2, 0.25) is 0 Å². The van der Waals surface area contributed by atoms with Crippen LogP contribution in [-0.4, -0.2) is 10.5 Å². The zero-order valence-electron chi connectivity index (χ0n) is 9.28. The van der Waals surface area contributed by atoms with Crippen LogP contribution in [0.3, 0.4) is 0 Å². The molecule has 1 aromatic rings. The number of aryl methyl sites for hydroxylation is 1. The number of nitro benzene ring substituents is 1. The first kappa shape index (κ1) is 11.7. The quantitative estimate of drug-likeness (QED) is 0.611. The van der Waals surface area contributed by atoms with Crippen LogP contribution in [0.5, 0.6) is 0 Å². The Labute approximate surface area is 89.2 Å². The highest BCUT2D eigenvalue weighted by Crippen LogP contribution is 2.25. The molecule has 0 bridgehead atoms. The van der Waals surface area contributed by atoms with Crippen LogP contribution < -0.4 is 5.73 Å². The van der Waals surface area contributed by atoms with E-state index in [-0.39, 0.29) is 10.6 Å². The molecule has 0 aliphatic heterocycles. The van der Waals surface area contributed by atoms with Gasteiger partial charge in [-0.1, -0.05) is 12.1 Å². The molecule has 0 amide bonds. The smallest absolute Gasteiger partial charge is 0.272 e. The van der Waals surface area contributed by atoms with Crippen LogP contribution in [0.1, 0.15) is 25.0 Å². The standard InChI is InChI=1S/C11H16N2O2/c1-8-5-4-6-10(13(14)15)9(8)7-11(2,3)12/h4-6H,7,12H2,1-3H3. The SMILES string of the molecule is Cc1cccc([N+](=O)[O-])c1CC(C)(C)N. The first-order valence-electron chi connectivity index (χ1n) is 4.83. The zero-order valence-corrected chi connectivity index (χ0v) is 9.28. The molecule has 0 heterocycles. The van der Waals surface area contributed by atoms with Crippen LogP contribution in [0.4, 0.5) is 5.69 Å². The van der Waals surface area contributed by atoms with E-state index in [0.717, 1.165) is 11.1 Å². The van der Waals surface area contributed by atoms with Crippen molar-refractivity contribution in [1.29, 1.82) is 0 Å². The molecule has 0 spiro atoms. The molecule has 15 heavy (non-hydrogen) atoms. The molecule has 4 heteroatoms. The van der Waals surface area contributed by atoms with Gasteiger partial charge in [-0.15, -0.1) is 0 Å². The second-order valence-corrected chi connectivity index (χ2v) is 4.50. The Morgan fingerprint density at radius 1 is 1.47 bits per heavy atom. The number of benzene rings is 1. The van der Waals surface area contributed by atoms with Gasteiger partial charge in [-0.25, -0.2) is 0 Å². The van der Waals surface area contributed by atoms with Gasteiger partial charge in [-0.3, -0.25) is 10.1 Å². The number of hydrogen-bond donors (Lipinski definition) is 1. The van der Waals surface area contributed by atoms with E-state index in [1.807, 2.05) is 26.8 Å². The topological polar surface area (TPSA) is 69.2 Å². The summed E-state index contributed by atoms with van der Waals surface area (Å²) in [6, 6.07) is 5.09. The lowest BCUT2D eigenvalue weighted by molar-refractivity contribution is -0.385. The summed E-state index contributed by atoms with van der Waals surface area (Å²) in [5.41, 5.74) is 7.26. The molecule has 0 saturated heterocycles. The van der Waals surface area contributed by atoms with E-state index < -0.39 is 5.54 Å². The number of nitrogens with zero attached hydrogens (tertiary/aromatic N) is 1. The van der Waals surface area contributed by atoms with Crippen molar-refractivity contribution in [2.75, 3.05) is 0 Å². The Bertz CT molecular complexity index is 381. The van der Waals surface area contributed by atoms with E-state index >= 15 is 0 Å². The molecular formula is C11H16N2O2. The molecule has 0 unspecified atom stereocenters. The van der Waals surface area contributed by atoms with Gasteiger partial charge in [0.2, 0.25) is 0 Å². The van der Waals surface area contributed by atoms with Gasteiger partial charge in [0.1, 0.15) is 0 Å². The number of nitro groups is 1. The summed E-state index contributed by atoms with van der Waals surface area (Å²) in [4.78, 5) is 10.5. The Hall–Kier alpha value is -1.42. The second-order valence-electron chi connectivity index (χ2n) is 4.50. The number of nitrogens with two attached hydrogens (primary N) is 1. The Morgan fingerprint density at radius 3 is 2.53 bits per heavy atom. The predicted molar refractivity (Wildman–Crippen MR) is 59.8 cm³/mol. The fraction of sp³-hybridized carbons (Fsp3) is 0.455. The third kappa shape index (κ3) is 3.02. The lowest BCUT2D eigenvalue weighted by Gasteiger charge is -2.19. The van der Waals surface area contributed by atoms with Crippen LogP contribution in [0.25, 0.3) is 0 Å². The van der Waals surface area contributed by atoms with Crippen molar-refractivity contribution in [2.24, 2.45) is 5.73 Å². The lowest BCUT2D eigenvalue weighted by Crippen LogP contribution is -2.34. The van der Waals surface area contributed by atoms with Crippen molar-refractivity contribution in [3.8, 4) is 0 Å². The highest BCUT2D eigenvalue weighted by Gasteiger charge is 2.21. The lowest BCUT2D eigenvalue weighted by atomic mass is 9.92. The predicted octanol–water partition coefficient (Wildman–Crippen LogP) is 2.18. The molecular weight excluding hydrogens is 192 g/mol. The summed E-state index contributed by atoms with van der Waals surface area (Å²) in [7, 11) is 0. The summed E-state index contributed by atoms with van der Waals surface area (Å²) in [6.07, 6.45) is 0.510. The van der Waals surface area contributed by atoms with Crippen molar-refractivity contribution in [3.05, 3.63) is 39.4 Å². The molecule has 0 atom stereocenters. The third-order valence-corrected chi connectivity index (χ3v) is 2.21. The first-order valence-corrected chi connectivity index (χ1v) is 4.83. The molecule has 0 aliphatic carbocycles. The molecule has 4 nitrogen and oxygen atoms in total. The Kier molecular flexibility index (Phi) is 3.09. The molecule has 0 radical (unpaired) electrons. The summed E-state index contributed by atoms with van der Waals surface area (Å²) in [5, 5.41) is 10.8. The molecule has 0 fully saturated rings. The molecule has 0 saturated carbocycles. The Balaban J connectivity index is 3.19. The summed E-state index contributed by atoms with van der Waals surface area (Å²) < 4.78 is 0. The van der Waals surface area contributed by atoms with Crippen LogP contribution in [0, 0.1) is 17.0 Å². The van der Waals surface area contributed by atoms with Crippen LogP contribution in [-0.2, 0) is 6.42 Å². The summed E-state index contributed by atoms with van der Waals surface area (Å²) in [6.45, 7) is 5.60. The summed E-state index contributed by atoms with van der Waals surface area (Å²) >= 11 is 0. The minimum atomic E-state index is -0.434. The van der Waals surface area contributed by atoms with Gasteiger partial charge in [0.05, 0.1) is 4.92 Å². The molecule has 2 N–H and O–H groups in total. The maximum atomic E-state index is 10.8. The van der Waals surface area contributed by atoms with Crippen LogP contribution in [0.15, 0.2) is 18.2 Å². The number of hydrogen-bond acceptors (Lipinski definition) is 3. The van der Waals surface area contributed by atoms with Gasteiger partial charge in [0.25, 0.3) is 5.69 Å². The molecule has 0 aliphatic rings. The van der Waals surface area contributed by atoms with Gasteiger partial charge in [0, 0.05) is 17.2 Å². The third-order valence-electron chi connectivity index (χ3n) is 2.21. The van der Waals surface area contributed by atoms with Crippen molar-refractivity contribution >= 4 is 5.69 Å². The van der Waals surface area contributed by atoms with Gasteiger partial charge in [-0.05, 0) is 32.8 Å². The van der Waals surface area contributed by atoms with Gasteiger partial charge in [0.15, 0.2) is 0 Å². The van der Waals surface area contributed by atoms with E-state index in [2.05, 4.69) is 0 Å². The minimum absolute atomic E-state index is 0.161. The summed E-state index contributed by atoms with van der Waals surface area (Å²) in [5.74, 6) is 0. The highest BCUT2D eigenvalue weighted by molar-refractivity contribution is 5.45. The van der Waals surface area contributed by atoms with E-state index in [9.17, 15) is 10.1 Å². The largest absolute Gasteiger partial charge is 0.325 e. The second kappa shape index (κ2) is 3.98. The van der Waals surface area contributed by atoms with Crippen molar-refractivity contribution in [1.82, 2.24) is 0 Å². The van der Waals surface area contributed by atoms with Crippen LogP contribution >= 0.6 is 0 Å². The fourth-order valence-corrected chi connectivity index (χ4v) is 1.54. The monoisotopic (exact) mass is 208 g/mol. The van der Waals surface area contributed by atoms with Gasteiger partial charge in [-0.2, -0.15) is 0 Å². The van der Waals surface area contributed by atoms with E-state index in [1.165, 1.54) is 6.07 Å². The van der Waals surface area contributed by atoms with E-state index in [0.29, 0.717) is 6.42 Å². The normalized spacial score (nSPS) is 11.5. The molecule has 0 aromatic heterocycles. The average molecular weight is 208 g/mol. The maximum Gasteiger partial charge on any atom is 0.272 e. The molecule has 1 rings (SSSR count). The van der Waals surface area contributed by atoms with Gasteiger partial charge >= 0.3 is 0 Å². The van der Waals surface area contributed by atoms with E-state index in [1.54, 1.807) is 6.07 Å². The van der Waals surface area contributed by atoms with Gasteiger partial charge < -0.3 is 5.73 Å². The minimum Gasteiger partial charge on any atom is -0.325 e. The zero-order chi connectivity index (χ0) is 11.6. The Morgan fingerprint density at radius 2 is 2.07 bits per heavy atom. The fourth-order valence-electron chi connectivity index (χ4n) is 1.54. The number of rotatable bonds is 3. The maximum absolute atomic E-state index is 10.8. The average Bonchev–Trinajstić information content (AvgIpc) is 2.05.